The summed E-state index contributed by atoms with van der Waals surface area (Å²) in [4.78, 5) is 13.5. The van der Waals surface area contributed by atoms with E-state index in [0.717, 1.165) is 0 Å². The van der Waals surface area contributed by atoms with Gasteiger partial charge in [0.25, 0.3) is 0 Å². The number of nitro groups is 1. The van der Waals surface area contributed by atoms with Crippen molar-refractivity contribution >= 4 is 11.5 Å². The number of nitrogens with zero attached hydrogens (tertiary/aromatic N) is 2. The van der Waals surface area contributed by atoms with Crippen LogP contribution in [0.2, 0.25) is 0 Å². The summed E-state index contributed by atoms with van der Waals surface area (Å²) in [7, 11) is 0. The van der Waals surface area contributed by atoms with Crippen LogP contribution in [0.4, 0.5) is 11.5 Å². The maximum atomic E-state index is 10.4. The van der Waals surface area contributed by atoms with Gasteiger partial charge in [0.05, 0.1) is 17.3 Å². The van der Waals surface area contributed by atoms with Gasteiger partial charge >= 0.3 is 5.82 Å². The molecular weight excluding hydrogens is 210 g/mol. The lowest BCUT2D eigenvalue weighted by molar-refractivity contribution is -0.389. The van der Waals surface area contributed by atoms with Gasteiger partial charge in [0.1, 0.15) is 0 Å². The second-order valence-corrected chi connectivity index (χ2v) is 4.18. The molecule has 1 atom stereocenters. The molecule has 0 aromatic carbocycles. The first-order valence-electron chi connectivity index (χ1n) is 4.89. The van der Waals surface area contributed by atoms with Crippen molar-refractivity contribution in [3.05, 3.63) is 28.4 Å². The number of anilines is 1. The van der Waals surface area contributed by atoms with Crippen molar-refractivity contribution in [2.75, 3.05) is 5.32 Å². The Kier molecular flexibility index (Phi) is 3.44. The van der Waals surface area contributed by atoms with Crippen LogP contribution in [0, 0.1) is 10.1 Å². The number of rotatable bonds is 4. The average molecular weight is 225 g/mol. The van der Waals surface area contributed by atoms with E-state index in [0.29, 0.717) is 5.69 Å². The Bertz CT molecular complexity index is 373. The number of aliphatic hydroxyl groups excluding tert-OH is 1. The molecule has 0 amide bonds. The first-order chi connectivity index (χ1) is 7.33. The Labute approximate surface area is 93.5 Å². The van der Waals surface area contributed by atoms with E-state index in [2.05, 4.69) is 10.3 Å². The third kappa shape index (κ3) is 2.90. The summed E-state index contributed by atoms with van der Waals surface area (Å²) in [6.45, 7) is 5.34. The molecule has 0 aliphatic carbocycles. The largest absolute Gasteiger partial charge is 0.391 e. The molecule has 0 saturated heterocycles. The molecule has 0 saturated carbocycles. The fourth-order valence-electron chi connectivity index (χ4n) is 1.04. The molecule has 0 aliphatic rings. The zero-order valence-electron chi connectivity index (χ0n) is 9.47. The number of pyridine rings is 1. The summed E-state index contributed by atoms with van der Waals surface area (Å²) in [5, 5.41) is 22.9. The minimum atomic E-state index is -0.553. The van der Waals surface area contributed by atoms with Crippen molar-refractivity contribution in [3.63, 3.8) is 0 Å². The minimum Gasteiger partial charge on any atom is -0.391 e. The molecule has 0 bridgehead atoms. The number of aromatic nitrogens is 1. The maximum Gasteiger partial charge on any atom is 0.363 e. The van der Waals surface area contributed by atoms with E-state index < -0.39 is 16.6 Å². The standard InChI is InChI=1S/C10H15N3O3/c1-7(14)10(2,3)12-8-4-5-9(11-6-8)13(15)16/h4-7,12,14H,1-3H3. The smallest absolute Gasteiger partial charge is 0.363 e. The predicted octanol–water partition coefficient (Wildman–Crippen LogP) is 1.56. The van der Waals surface area contributed by atoms with E-state index in [9.17, 15) is 15.2 Å². The second-order valence-electron chi connectivity index (χ2n) is 4.18. The molecule has 0 fully saturated rings. The van der Waals surface area contributed by atoms with Crippen molar-refractivity contribution in [3.8, 4) is 0 Å². The normalized spacial score (nSPS) is 13.2. The highest BCUT2D eigenvalue weighted by molar-refractivity contribution is 5.45. The first kappa shape index (κ1) is 12.4. The van der Waals surface area contributed by atoms with Gasteiger partial charge in [-0.3, -0.25) is 0 Å². The Morgan fingerprint density at radius 1 is 1.56 bits per heavy atom. The molecule has 1 heterocycles. The second kappa shape index (κ2) is 4.44. The van der Waals surface area contributed by atoms with Crippen LogP contribution in [0.15, 0.2) is 18.3 Å². The van der Waals surface area contributed by atoms with Gasteiger partial charge in [0.15, 0.2) is 6.20 Å². The van der Waals surface area contributed by atoms with E-state index in [1.165, 1.54) is 12.3 Å². The number of nitrogens with one attached hydrogen (secondary N) is 1. The molecule has 1 aromatic rings. The molecule has 0 spiro atoms. The van der Waals surface area contributed by atoms with Gasteiger partial charge in [-0.1, -0.05) is 0 Å². The van der Waals surface area contributed by atoms with Crippen LogP contribution in [0.25, 0.3) is 0 Å². The minimum absolute atomic E-state index is 0.194. The molecule has 88 valence electrons. The summed E-state index contributed by atoms with van der Waals surface area (Å²) in [6.07, 6.45) is 0.824. The SMILES string of the molecule is CC(O)C(C)(C)Nc1ccc([N+](=O)[O-])nc1. The van der Waals surface area contributed by atoms with Gasteiger partial charge in [-0.15, -0.1) is 0 Å². The summed E-state index contributed by atoms with van der Waals surface area (Å²) >= 11 is 0. The monoisotopic (exact) mass is 225 g/mol. The van der Waals surface area contributed by atoms with Crippen molar-refractivity contribution < 1.29 is 10.0 Å². The predicted molar refractivity (Wildman–Crippen MR) is 60.3 cm³/mol. The Hall–Kier alpha value is -1.69. The van der Waals surface area contributed by atoms with Crippen molar-refractivity contribution in [1.82, 2.24) is 4.98 Å². The summed E-state index contributed by atoms with van der Waals surface area (Å²) in [5.41, 5.74) is 0.120. The highest BCUT2D eigenvalue weighted by atomic mass is 16.6. The van der Waals surface area contributed by atoms with Crippen molar-refractivity contribution in [1.29, 1.82) is 0 Å². The lowest BCUT2D eigenvalue weighted by Crippen LogP contribution is -2.41. The van der Waals surface area contributed by atoms with Crippen LogP contribution in [0.1, 0.15) is 20.8 Å². The molecule has 16 heavy (non-hydrogen) atoms. The molecule has 6 heteroatoms. The van der Waals surface area contributed by atoms with Gasteiger partial charge in [0, 0.05) is 6.07 Å². The lowest BCUT2D eigenvalue weighted by Gasteiger charge is -2.29. The Balaban J connectivity index is 2.80. The third-order valence-electron chi connectivity index (χ3n) is 2.45. The molecule has 1 aromatic heterocycles. The molecule has 2 N–H and O–H groups in total. The van der Waals surface area contributed by atoms with Gasteiger partial charge in [-0.25, -0.2) is 0 Å². The van der Waals surface area contributed by atoms with E-state index in [4.69, 9.17) is 0 Å². The summed E-state index contributed by atoms with van der Waals surface area (Å²) in [5.74, 6) is -0.194. The van der Waals surface area contributed by atoms with Crippen molar-refractivity contribution in [2.24, 2.45) is 0 Å². The van der Waals surface area contributed by atoms with Crippen LogP contribution in [0.5, 0.6) is 0 Å². The lowest BCUT2D eigenvalue weighted by atomic mass is 9.98. The first-order valence-corrected chi connectivity index (χ1v) is 4.89. The Morgan fingerprint density at radius 2 is 2.19 bits per heavy atom. The topological polar surface area (TPSA) is 88.3 Å². The Morgan fingerprint density at radius 3 is 2.56 bits per heavy atom. The van der Waals surface area contributed by atoms with E-state index in [-0.39, 0.29) is 5.82 Å². The van der Waals surface area contributed by atoms with Crippen LogP contribution >= 0.6 is 0 Å². The van der Waals surface area contributed by atoms with Crippen LogP contribution in [0.3, 0.4) is 0 Å². The fraction of sp³-hybridized carbons (Fsp3) is 0.500. The van der Waals surface area contributed by atoms with Crippen LogP contribution in [-0.2, 0) is 0 Å². The number of aliphatic hydroxyl groups is 1. The van der Waals surface area contributed by atoms with Crippen LogP contribution < -0.4 is 5.32 Å². The molecule has 0 aliphatic heterocycles. The number of hydrogen-bond acceptors (Lipinski definition) is 5. The molecule has 1 unspecified atom stereocenters. The summed E-state index contributed by atoms with van der Waals surface area (Å²) < 4.78 is 0. The third-order valence-corrected chi connectivity index (χ3v) is 2.45. The van der Waals surface area contributed by atoms with E-state index in [1.807, 2.05) is 13.8 Å². The molecular formula is C10H15N3O3. The highest BCUT2D eigenvalue weighted by Gasteiger charge is 2.24. The molecule has 6 nitrogen and oxygen atoms in total. The van der Waals surface area contributed by atoms with E-state index >= 15 is 0 Å². The van der Waals surface area contributed by atoms with Gasteiger partial charge in [0.2, 0.25) is 0 Å². The van der Waals surface area contributed by atoms with Crippen molar-refractivity contribution in [2.45, 2.75) is 32.4 Å². The highest BCUT2D eigenvalue weighted by Crippen LogP contribution is 2.19. The average Bonchev–Trinajstić information content (AvgIpc) is 2.17. The maximum absolute atomic E-state index is 10.4. The van der Waals surface area contributed by atoms with Gasteiger partial charge in [-0.05, 0) is 36.7 Å². The zero-order valence-corrected chi connectivity index (χ0v) is 9.47. The summed E-state index contributed by atoms with van der Waals surface area (Å²) in [6, 6.07) is 2.88. The molecule has 1 rings (SSSR count). The van der Waals surface area contributed by atoms with E-state index in [1.54, 1.807) is 13.0 Å². The zero-order chi connectivity index (χ0) is 12.3. The fourth-order valence-corrected chi connectivity index (χ4v) is 1.04. The van der Waals surface area contributed by atoms with Crippen LogP contribution in [-0.4, -0.2) is 26.7 Å². The van der Waals surface area contributed by atoms with Gasteiger partial charge < -0.3 is 20.5 Å². The number of hydrogen-bond donors (Lipinski definition) is 2. The van der Waals surface area contributed by atoms with Gasteiger partial charge in [-0.2, -0.15) is 0 Å². The molecule has 0 radical (unpaired) electrons. The quantitative estimate of drug-likeness (QED) is 0.599.